The van der Waals surface area contributed by atoms with Crippen LogP contribution in [0.4, 0.5) is 0 Å². The van der Waals surface area contributed by atoms with E-state index in [1.807, 2.05) is 0 Å². The minimum atomic E-state index is 0.00454. The Bertz CT molecular complexity index is 191. The molecule has 0 spiro atoms. The number of ether oxygens (including phenoxy) is 1. The molecule has 1 N–H and O–H groups in total. The summed E-state index contributed by atoms with van der Waals surface area (Å²) in [5.74, 6) is 0.277. The van der Waals surface area contributed by atoms with Gasteiger partial charge in [-0.05, 0) is 12.8 Å². The predicted octanol–water partition coefficient (Wildman–Crippen LogP) is 0.899. The molecule has 1 aliphatic heterocycles. The van der Waals surface area contributed by atoms with Gasteiger partial charge in [0.2, 0.25) is 0 Å². The van der Waals surface area contributed by atoms with Crippen LogP contribution in [-0.4, -0.2) is 31.6 Å². The van der Waals surface area contributed by atoms with Gasteiger partial charge in [-0.25, -0.2) is 0 Å². The third-order valence-electron chi connectivity index (χ3n) is 2.41. The highest BCUT2D eigenvalue weighted by molar-refractivity contribution is 5.84. The highest BCUT2D eigenvalue weighted by Gasteiger charge is 2.28. The zero-order valence-electron chi connectivity index (χ0n) is 8.08. The van der Waals surface area contributed by atoms with Crippen molar-refractivity contribution in [1.29, 1.82) is 0 Å². The maximum absolute atomic E-state index is 11.5. The summed E-state index contributed by atoms with van der Waals surface area (Å²) >= 11 is 0. The quantitative estimate of drug-likeness (QED) is 0.643. The Kier molecular flexibility index (Phi) is 4.12. The van der Waals surface area contributed by atoms with E-state index in [1.54, 1.807) is 13.2 Å². The molecule has 3 heteroatoms. The van der Waals surface area contributed by atoms with Gasteiger partial charge < -0.3 is 10.1 Å². The molecule has 2 unspecified atom stereocenters. The zero-order valence-corrected chi connectivity index (χ0v) is 8.08. The second kappa shape index (κ2) is 5.14. The first-order chi connectivity index (χ1) is 6.27. The van der Waals surface area contributed by atoms with Crippen LogP contribution in [-0.2, 0) is 9.53 Å². The number of methoxy groups -OCH3 is 1. The summed E-state index contributed by atoms with van der Waals surface area (Å²) in [6.45, 7) is 4.39. The van der Waals surface area contributed by atoms with Gasteiger partial charge in [-0.2, -0.15) is 0 Å². The summed E-state index contributed by atoms with van der Waals surface area (Å²) in [4.78, 5) is 11.5. The molecule has 3 nitrogen and oxygen atoms in total. The van der Waals surface area contributed by atoms with Crippen molar-refractivity contribution in [3.63, 3.8) is 0 Å². The lowest BCUT2D eigenvalue weighted by molar-refractivity contribution is -0.120. The lowest BCUT2D eigenvalue weighted by Crippen LogP contribution is -2.30. The van der Waals surface area contributed by atoms with Gasteiger partial charge in [-0.15, -0.1) is 6.58 Å². The Morgan fingerprint density at radius 2 is 2.54 bits per heavy atom. The molecule has 13 heavy (non-hydrogen) atoms. The summed E-state index contributed by atoms with van der Waals surface area (Å²) < 4.78 is 5.16. The maximum Gasteiger partial charge on any atom is 0.150 e. The summed E-state index contributed by atoms with van der Waals surface area (Å²) in [6.07, 6.45) is 4.16. The van der Waals surface area contributed by atoms with Crippen molar-refractivity contribution in [3.05, 3.63) is 12.7 Å². The van der Waals surface area contributed by atoms with E-state index in [4.69, 9.17) is 4.74 Å². The maximum atomic E-state index is 11.5. The predicted molar refractivity (Wildman–Crippen MR) is 51.6 cm³/mol. The van der Waals surface area contributed by atoms with Crippen LogP contribution in [0.2, 0.25) is 0 Å². The fraction of sp³-hybridized carbons (Fsp3) is 0.700. The molecule has 0 saturated carbocycles. The van der Waals surface area contributed by atoms with Gasteiger partial charge in [0, 0.05) is 20.1 Å². The smallest absolute Gasteiger partial charge is 0.150 e. The van der Waals surface area contributed by atoms with Crippen LogP contribution in [0.1, 0.15) is 19.3 Å². The molecule has 1 aliphatic rings. The number of rotatable bonds is 5. The minimum Gasteiger partial charge on any atom is -0.380 e. The van der Waals surface area contributed by atoms with Crippen LogP contribution in [0.25, 0.3) is 0 Å². The molecule has 0 bridgehead atoms. The fourth-order valence-electron chi connectivity index (χ4n) is 1.55. The number of ketones is 1. The van der Waals surface area contributed by atoms with Gasteiger partial charge in [0.05, 0.1) is 12.1 Å². The van der Waals surface area contributed by atoms with Gasteiger partial charge in [0.15, 0.2) is 0 Å². The van der Waals surface area contributed by atoms with E-state index in [9.17, 15) is 4.79 Å². The lowest BCUT2D eigenvalue weighted by Gasteiger charge is -2.07. The van der Waals surface area contributed by atoms with E-state index in [-0.39, 0.29) is 17.9 Å². The summed E-state index contributed by atoms with van der Waals surface area (Å²) in [7, 11) is 1.68. The molecule has 0 aromatic heterocycles. The fourth-order valence-corrected chi connectivity index (χ4v) is 1.55. The molecular weight excluding hydrogens is 166 g/mol. The molecule has 0 aromatic carbocycles. The molecule has 74 valence electrons. The number of hydrogen-bond acceptors (Lipinski definition) is 3. The number of hydrogen-bond donors (Lipinski definition) is 1. The largest absolute Gasteiger partial charge is 0.380 e. The van der Waals surface area contributed by atoms with Crippen LogP contribution in [0, 0.1) is 0 Å². The molecule has 0 radical (unpaired) electrons. The van der Waals surface area contributed by atoms with Crippen molar-refractivity contribution in [2.75, 3.05) is 13.7 Å². The average Bonchev–Trinajstić information content (AvgIpc) is 2.62. The van der Waals surface area contributed by atoms with Crippen LogP contribution in [0.5, 0.6) is 0 Å². The van der Waals surface area contributed by atoms with Gasteiger partial charge in [-0.1, -0.05) is 6.08 Å². The molecule has 2 atom stereocenters. The molecule has 1 saturated heterocycles. The molecule has 1 heterocycles. The number of allylic oxidation sites excluding steroid dienone is 1. The van der Waals surface area contributed by atoms with Crippen LogP contribution in [0.3, 0.4) is 0 Å². The van der Waals surface area contributed by atoms with Crippen molar-refractivity contribution < 1.29 is 9.53 Å². The van der Waals surface area contributed by atoms with E-state index in [1.165, 1.54) is 0 Å². The molecule has 1 rings (SSSR count). The van der Waals surface area contributed by atoms with Crippen molar-refractivity contribution >= 4 is 5.78 Å². The van der Waals surface area contributed by atoms with E-state index < -0.39 is 0 Å². The Morgan fingerprint density at radius 3 is 3.08 bits per heavy atom. The monoisotopic (exact) mass is 183 g/mol. The number of nitrogens with one attached hydrogen (secondary N) is 1. The van der Waals surface area contributed by atoms with E-state index >= 15 is 0 Å². The number of Topliss-reactive ketones (excluding diaryl/α,β-unsaturated/α-hetero) is 1. The first kappa shape index (κ1) is 10.4. The number of carbonyl (C=O) groups is 1. The first-order valence-electron chi connectivity index (χ1n) is 4.67. The second-order valence-electron chi connectivity index (χ2n) is 3.35. The summed E-state index contributed by atoms with van der Waals surface area (Å²) in [6, 6.07) is 0.00454. The Morgan fingerprint density at radius 1 is 1.77 bits per heavy atom. The summed E-state index contributed by atoms with van der Waals surface area (Å²) in [5.41, 5.74) is 0. The van der Waals surface area contributed by atoms with Crippen molar-refractivity contribution in [1.82, 2.24) is 5.32 Å². The van der Waals surface area contributed by atoms with E-state index in [2.05, 4.69) is 11.9 Å². The van der Waals surface area contributed by atoms with Crippen LogP contribution >= 0.6 is 0 Å². The zero-order chi connectivity index (χ0) is 9.68. The first-order valence-corrected chi connectivity index (χ1v) is 4.67. The standard InChI is InChI=1S/C10H17NO2/c1-3-4-5-10(12)9-6-8(13-2)7-11-9/h3,8-9,11H,1,4-7H2,2H3. The lowest BCUT2D eigenvalue weighted by atomic mass is 10.1. The highest BCUT2D eigenvalue weighted by Crippen LogP contribution is 2.12. The van der Waals surface area contributed by atoms with E-state index in [0.29, 0.717) is 6.42 Å². The SMILES string of the molecule is C=CCCC(=O)C1CC(OC)CN1. The highest BCUT2D eigenvalue weighted by atomic mass is 16.5. The minimum absolute atomic E-state index is 0.00454. The van der Waals surface area contributed by atoms with Crippen LogP contribution < -0.4 is 5.32 Å². The molecular formula is C10H17NO2. The van der Waals surface area contributed by atoms with Gasteiger partial charge in [-0.3, -0.25) is 4.79 Å². The Balaban J connectivity index is 2.28. The van der Waals surface area contributed by atoms with Crippen molar-refractivity contribution in [3.8, 4) is 0 Å². The number of carbonyl (C=O) groups excluding carboxylic acids is 1. The Labute approximate surface area is 79.2 Å². The molecule has 0 amide bonds. The molecule has 0 aromatic rings. The van der Waals surface area contributed by atoms with E-state index in [0.717, 1.165) is 19.4 Å². The third kappa shape index (κ3) is 2.94. The normalized spacial score (nSPS) is 27.5. The molecule has 0 aliphatic carbocycles. The van der Waals surface area contributed by atoms with Gasteiger partial charge in [0.1, 0.15) is 5.78 Å². The van der Waals surface area contributed by atoms with Gasteiger partial charge >= 0.3 is 0 Å². The summed E-state index contributed by atoms with van der Waals surface area (Å²) in [5, 5.41) is 3.16. The van der Waals surface area contributed by atoms with Gasteiger partial charge in [0.25, 0.3) is 0 Å². The Hall–Kier alpha value is -0.670. The van der Waals surface area contributed by atoms with Crippen molar-refractivity contribution in [2.24, 2.45) is 0 Å². The van der Waals surface area contributed by atoms with Crippen molar-refractivity contribution in [2.45, 2.75) is 31.4 Å². The average molecular weight is 183 g/mol. The second-order valence-corrected chi connectivity index (χ2v) is 3.35. The topological polar surface area (TPSA) is 38.3 Å². The van der Waals surface area contributed by atoms with Crippen LogP contribution in [0.15, 0.2) is 12.7 Å². The third-order valence-corrected chi connectivity index (χ3v) is 2.41. The molecule has 1 fully saturated rings.